The van der Waals surface area contributed by atoms with Crippen LogP contribution in [0.25, 0.3) is 0 Å². The van der Waals surface area contributed by atoms with Crippen molar-refractivity contribution in [2.75, 3.05) is 25.9 Å². The predicted molar refractivity (Wildman–Crippen MR) is 81.2 cm³/mol. The van der Waals surface area contributed by atoms with Gasteiger partial charge >= 0.3 is 0 Å². The van der Waals surface area contributed by atoms with E-state index in [1.165, 1.54) is 10.6 Å². The third-order valence-electron chi connectivity index (χ3n) is 3.26. The first-order valence-electron chi connectivity index (χ1n) is 6.82. The summed E-state index contributed by atoms with van der Waals surface area (Å²) in [6, 6.07) is 7.24. The van der Waals surface area contributed by atoms with Gasteiger partial charge in [0, 0.05) is 24.7 Å². The van der Waals surface area contributed by atoms with Crippen LogP contribution in [0.4, 0.5) is 0 Å². The Bertz CT molecular complexity index is 517. The number of rotatable bonds is 8. The molecule has 5 nitrogen and oxygen atoms in total. The van der Waals surface area contributed by atoms with Crippen molar-refractivity contribution < 1.29 is 13.5 Å². The third kappa shape index (κ3) is 5.11. The molecule has 1 unspecified atom stereocenters. The second-order valence-corrected chi connectivity index (χ2v) is 6.83. The van der Waals surface area contributed by atoms with E-state index in [4.69, 9.17) is 0 Å². The van der Waals surface area contributed by atoms with Crippen molar-refractivity contribution in [1.82, 2.24) is 9.62 Å². The van der Waals surface area contributed by atoms with Crippen LogP contribution >= 0.6 is 0 Å². The molecule has 0 saturated heterocycles. The average Bonchev–Trinajstić information content (AvgIpc) is 2.37. The van der Waals surface area contributed by atoms with Crippen LogP contribution in [0.3, 0.4) is 0 Å². The summed E-state index contributed by atoms with van der Waals surface area (Å²) in [5, 5.41) is 13.0. The molecule has 1 rings (SSSR count). The summed E-state index contributed by atoms with van der Waals surface area (Å²) in [5.74, 6) is 0.277. The molecule has 6 heteroatoms. The maximum Gasteiger partial charge on any atom is 0.211 e. The van der Waals surface area contributed by atoms with Gasteiger partial charge in [-0.3, -0.25) is 0 Å². The molecular weight excluding hydrogens is 276 g/mol. The lowest BCUT2D eigenvalue weighted by atomic mass is 10.1. The minimum Gasteiger partial charge on any atom is -0.508 e. The largest absolute Gasteiger partial charge is 0.508 e. The van der Waals surface area contributed by atoms with Gasteiger partial charge in [0.15, 0.2) is 0 Å². The van der Waals surface area contributed by atoms with Gasteiger partial charge in [0.1, 0.15) is 5.75 Å². The quantitative estimate of drug-likeness (QED) is 0.717. The highest BCUT2D eigenvalue weighted by Gasteiger charge is 2.14. The molecular formula is C14H24N2O3S. The molecule has 114 valence electrons. The van der Waals surface area contributed by atoms with Gasteiger partial charge in [0.25, 0.3) is 0 Å². The van der Waals surface area contributed by atoms with Gasteiger partial charge in [-0.1, -0.05) is 25.1 Å². The fourth-order valence-electron chi connectivity index (χ4n) is 2.10. The summed E-state index contributed by atoms with van der Waals surface area (Å²) in [4.78, 5) is 0. The normalized spacial score (nSPS) is 13.6. The SMILES string of the molecule is CCN(CCCNC(C)c1ccccc1O)S(C)(=O)=O. The van der Waals surface area contributed by atoms with Crippen molar-refractivity contribution in [3.63, 3.8) is 0 Å². The van der Waals surface area contributed by atoms with Gasteiger partial charge in [-0.2, -0.15) is 0 Å². The molecule has 0 radical (unpaired) electrons. The molecule has 0 amide bonds. The molecule has 0 aliphatic heterocycles. The average molecular weight is 300 g/mol. The molecule has 1 atom stereocenters. The first-order valence-corrected chi connectivity index (χ1v) is 8.67. The van der Waals surface area contributed by atoms with E-state index in [-0.39, 0.29) is 11.8 Å². The molecule has 1 aromatic rings. The highest BCUT2D eigenvalue weighted by atomic mass is 32.2. The van der Waals surface area contributed by atoms with Crippen molar-refractivity contribution in [2.45, 2.75) is 26.3 Å². The van der Waals surface area contributed by atoms with Gasteiger partial charge in [-0.15, -0.1) is 0 Å². The Morgan fingerprint density at radius 3 is 2.55 bits per heavy atom. The van der Waals surface area contributed by atoms with Crippen molar-refractivity contribution >= 4 is 10.0 Å². The fourth-order valence-corrected chi connectivity index (χ4v) is 3.03. The van der Waals surface area contributed by atoms with Crippen molar-refractivity contribution in [3.05, 3.63) is 29.8 Å². The smallest absolute Gasteiger partial charge is 0.211 e. The predicted octanol–water partition coefficient (Wildman–Crippen LogP) is 1.71. The van der Waals surface area contributed by atoms with Crippen LogP contribution in [-0.4, -0.2) is 43.7 Å². The molecule has 0 heterocycles. The van der Waals surface area contributed by atoms with E-state index < -0.39 is 10.0 Å². The zero-order chi connectivity index (χ0) is 15.2. The minimum atomic E-state index is -3.11. The van der Waals surface area contributed by atoms with Crippen LogP contribution in [0.5, 0.6) is 5.75 Å². The molecule has 1 aromatic carbocycles. The van der Waals surface area contributed by atoms with Crippen LogP contribution in [0, 0.1) is 0 Å². The van der Waals surface area contributed by atoms with E-state index in [1.54, 1.807) is 12.1 Å². The van der Waals surface area contributed by atoms with Gasteiger partial charge < -0.3 is 10.4 Å². The Balaban J connectivity index is 2.40. The van der Waals surface area contributed by atoms with Crippen molar-refractivity contribution in [3.8, 4) is 5.75 Å². The number of para-hydroxylation sites is 1. The zero-order valence-electron chi connectivity index (χ0n) is 12.3. The molecule has 0 aromatic heterocycles. The van der Waals surface area contributed by atoms with E-state index >= 15 is 0 Å². The molecule has 0 aliphatic rings. The summed E-state index contributed by atoms with van der Waals surface area (Å²) in [7, 11) is -3.11. The molecule has 2 N–H and O–H groups in total. The number of nitrogens with zero attached hydrogens (tertiary/aromatic N) is 1. The van der Waals surface area contributed by atoms with Crippen molar-refractivity contribution in [2.24, 2.45) is 0 Å². The highest BCUT2D eigenvalue weighted by Crippen LogP contribution is 2.22. The summed E-state index contributed by atoms with van der Waals surface area (Å²) in [6.07, 6.45) is 1.97. The van der Waals surface area contributed by atoms with Crippen LogP contribution in [0.2, 0.25) is 0 Å². The number of aromatic hydroxyl groups is 1. The number of phenolic OH excluding ortho intramolecular Hbond substituents is 1. The molecule has 20 heavy (non-hydrogen) atoms. The van der Waals surface area contributed by atoms with Crippen molar-refractivity contribution in [1.29, 1.82) is 0 Å². The van der Waals surface area contributed by atoms with E-state index in [9.17, 15) is 13.5 Å². The summed E-state index contributed by atoms with van der Waals surface area (Å²) < 4.78 is 24.3. The number of hydrogen-bond acceptors (Lipinski definition) is 4. The Morgan fingerprint density at radius 1 is 1.35 bits per heavy atom. The van der Waals surface area contributed by atoms with Gasteiger partial charge in [-0.25, -0.2) is 12.7 Å². The monoisotopic (exact) mass is 300 g/mol. The first kappa shape index (κ1) is 16.9. The Kier molecular flexibility index (Phi) is 6.45. The summed E-state index contributed by atoms with van der Waals surface area (Å²) in [6.45, 7) is 5.51. The Labute approximate surface area is 121 Å². The molecule has 0 aliphatic carbocycles. The van der Waals surface area contributed by atoms with Crippen LogP contribution < -0.4 is 5.32 Å². The first-order chi connectivity index (χ1) is 9.36. The number of nitrogens with one attached hydrogen (secondary N) is 1. The third-order valence-corrected chi connectivity index (χ3v) is 4.64. The Hall–Kier alpha value is -1.11. The molecule has 0 bridgehead atoms. The number of phenols is 1. The number of sulfonamides is 1. The van der Waals surface area contributed by atoms with Crippen LogP contribution in [-0.2, 0) is 10.0 Å². The molecule has 0 fully saturated rings. The summed E-state index contributed by atoms with van der Waals surface area (Å²) in [5.41, 5.74) is 0.850. The maximum atomic E-state index is 11.4. The lowest BCUT2D eigenvalue weighted by molar-refractivity contribution is 0.410. The maximum absolute atomic E-state index is 11.4. The van der Waals surface area contributed by atoms with Gasteiger partial charge in [0.05, 0.1) is 6.26 Å². The lowest BCUT2D eigenvalue weighted by Crippen LogP contribution is -2.32. The second kappa shape index (κ2) is 7.61. The molecule has 0 saturated carbocycles. The standard InChI is InChI=1S/C14H24N2O3S/c1-4-16(20(3,18)19)11-7-10-15-12(2)13-8-5-6-9-14(13)17/h5-6,8-9,12,15,17H,4,7,10-11H2,1-3H3. The van der Waals surface area contributed by atoms with E-state index in [0.29, 0.717) is 19.6 Å². The topological polar surface area (TPSA) is 69.6 Å². The summed E-state index contributed by atoms with van der Waals surface area (Å²) >= 11 is 0. The van der Waals surface area contributed by atoms with Gasteiger partial charge in [-0.05, 0) is 26.0 Å². The van der Waals surface area contributed by atoms with E-state index in [1.807, 2.05) is 26.0 Å². The van der Waals surface area contributed by atoms with Gasteiger partial charge in [0.2, 0.25) is 10.0 Å². The second-order valence-electron chi connectivity index (χ2n) is 4.84. The number of hydrogen-bond donors (Lipinski definition) is 2. The molecule has 0 spiro atoms. The lowest BCUT2D eigenvalue weighted by Gasteiger charge is -2.19. The minimum absolute atomic E-state index is 0.0320. The Morgan fingerprint density at radius 2 is 2.00 bits per heavy atom. The van der Waals surface area contributed by atoms with E-state index in [0.717, 1.165) is 12.0 Å². The van der Waals surface area contributed by atoms with E-state index in [2.05, 4.69) is 5.32 Å². The van der Waals surface area contributed by atoms with Crippen LogP contribution in [0.1, 0.15) is 31.9 Å². The van der Waals surface area contributed by atoms with Crippen LogP contribution in [0.15, 0.2) is 24.3 Å². The zero-order valence-corrected chi connectivity index (χ0v) is 13.2. The fraction of sp³-hybridized carbons (Fsp3) is 0.571. The number of benzene rings is 1. The highest BCUT2D eigenvalue weighted by molar-refractivity contribution is 7.88.